The molecule has 90 valence electrons. The molecule has 0 spiro atoms. The Labute approximate surface area is 104 Å². The van der Waals surface area contributed by atoms with Gasteiger partial charge in [-0.2, -0.15) is 4.98 Å². The van der Waals surface area contributed by atoms with Crippen molar-refractivity contribution in [2.45, 2.75) is 6.10 Å². The van der Waals surface area contributed by atoms with Crippen molar-refractivity contribution in [2.24, 2.45) is 0 Å². The second-order valence-corrected chi connectivity index (χ2v) is 3.77. The van der Waals surface area contributed by atoms with Crippen LogP contribution in [0.15, 0.2) is 6.20 Å². The van der Waals surface area contributed by atoms with Crippen LogP contribution < -0.4 is 5.32 Å². The number of halogens is 2. The van der Waals surface area contributed by atoms with Crippen LogP contribution in [-0.2, 0) is 9.47 Å². The summed E-state index contributed by atoms with van der Waals surface area (Å²) in [6.07, 6.45) is 1.37. The van der Waals surface area contributed by atoms with Crippen LogP contribution in [0.25, 0.3) is 0 Å². The normalized spacial score (nSPS) is 12.5. The van der Waals surface area contributed by atoms with E-state index >= 15 is 0 Å². The van der Waals surface area contributed by atoms with Gasteiger partial charge in [0, 0.05) is 20.8 Å². The van der Waals surface area contributed by atoms with Gasteiger partial charge in [-0.25, -0.2) is 4.98 Å². The molecule has 1 atom stereocenters. The van der Waals surface area contributed by atoms with Gasteiger partial charge in [-0.05, 0) is 11.6 Å². The number of rotatable bonds is 6. The first-order valence-electron chi connectivity index (χ1n) is 4.61. The minimum absolute atomic E-state index is 0.0743. The quantitative estimate of drug-likeness (QED) is 0.796. The summed E-state index contributed by atoms with van der Waals surface area (Å²) < 4.78 is 10.2. The number of anilines is 1. The van der Waals surface area contributed by atoms with Crippen molar-refractivity contribution in [1.82, 2.24) is 9.97 Å². The molecular formula is C9H13Cl2N3O2. The van der Waals surface area contributed by atoms with Gasteiger partial charge < -0.3 is 14.8 Å². The van der Waals surface area contributed by atoms with E-state index in [0.717, 1.165) is 0 Å². The van der Waals surface area contributed by atoms with Gasteiger partial charge in [-0.3, -0.25) is 0 Å². The number of aromatic nitrogens is 2. The minimum atomic E-state index is -0.0743. The van der Waals surface area contributed by atoms with E-state index in [-0.39, 0.29) is 11.4 Å². The number of hydrogen-bond acceptors (Lipinski definition) is 5. The van der Waals surface area contributed by atoms with Crippen molar-refractivity contribution in [1.29, 1.82) is 0 Å². The molecule has 0 aliphatic heterocycles. The molecule has 0 saturated carbocycles. The lowest BCUT2D eigenvalue weighted by Gasteiger charge is -2.15. The molecule has 5 nitrogen and oxygen atoms in total. The van der Waals surface area contributed by atoms with Crippen molar-refractivity contribution in [3.8, 4) is 0 Å². The Morgan fingerprint density at radius 2 is 2.19 bits per heavy atom. The summed E-state index contributed by atoms with van der Waals surface area (Å²) >= 11 is 11.5. The third-order valence-electron chi connectivity index (χ3n) is 1.90. The summed E-state index contributed by atoms with van der Waals surface area (Å²) in [7, 11) is 3.22. The van der Waals surface area contributed by atoms with E-state index in [1.54, 1.807) is 14.2 Å². The van der Waals surface area contributed by atoms with Crippen molar-refractivity contribution >= 4 is 29.0 Å². The fraction of sp³-hybridized carbons (Fsp3) is 0.556. The first-order valence-corrected chi connectivity index (χ1v) is 5.36. The molecule has 0 amide bonds. The molecule has 0 fully saturated rings. The topological polar surface area (TPSA) is 56.3 Å². The molecule has 1 unspecified atom stereocenters. The molecule has 1 heterocycles. The molecule has 7 heteroatoms. The van der Waals surface area contributed by atoms with E-state index in [2.05, 4.69) is 15.3 Å². The maximum absolute atomic E-state index is 5.88. The lowest BCUT2D eigenvalue weighted by Crippen LogP contribution is -2.27. The molecular weight excluding hydrogens is 253 g/mol. The Bertz CT molecular complexity index is 339. The Hall–Kier alpha value is -0.620. The highest BCUT2D eigenvalue weighted by atomic mass is 35.5. The third kappa shape index (κ3) is 4.09. The Morgan fingerprint density at radius 3 is 2.81 bits per heavy atom. The first kappa shape index (κ1) is 13.4. The second kappa shape index (κ2) is 6.85. The van der Waals surface area contributed by atoms with Gasteiger partial charge in [0.05, 0.1) is 18.9 Å². The summed E-state index contributed by atoms with van der Waals surface area (Å²) in [5.41, 5.74) is 0. The lowest BCUT2D eigenvalue weighted by molar-refractivity contribution is 0.0365. The molecule has 1 N–H and O–H groups in total. The smallest absolute Gasteiger partial charge is 0.224 e. The van der Waals surface area contributed by atoms with Gasteiger partial charge >= 0.3 is 0 Å². The van der Waals surface area contributed by atoms with Crippen molar-refractivity contribution in [3.63, 3.8) is 0 Å². The van der Waals surface area contributed by atoms with Crippen LogP contribution >= 0.6 is 23.2 Å². The zero-order valence-electron chi connectivity index (χ0n) is 9.04. The average Bonchev–Trinajstić information content (AvgIpc) is 2.28. The summed E-state index contributed by atoms with van der Waals surface area (Å²) in [6.45, 7) is 1.01. The number of methoxy groups -OCH3 is 2. The maximum Gasteiger partial charge on any atom is 0.224 e. The number of nitrogens with zero attached hydrogens (tertiary/aromatic N) is 2. The summed E-state index contributed by atoms with van der Waals surface area (Å²) in [6, 6.07) is 0. The largest absolute Gasteiger partial charge is 0.382 e. The van der Waals surface area contributed by atoms with E-state index in [9.17, 15) is 0 Å². The van der Waals surface area contributed by atoms with Crippen LogP contribution in [0.5, 0.6) is 0 Å². The van der Waals surface area contributed by atoms with Crippen molar-refractivity contribution in [2.75, 3.05) is 32.7 Å². The molecule has 0 bridgehead atoms. The molecule has 0 radical (unpaired) electrons. The van der Waals surface area contributed by atoms with Crippen LogP contribution in [0.2, 0.25) is 10.3 Å². The van der Waals surface area contributed by atoms with Crippen LogP contribution in [0.1, 0.15) is 0 Å². The van der Waals surface area contributed by atoms with Gasteiger partial charge in [0.25, 0.3) is 0 Å². The lowest BCUT2D eigenvalue weighted by atomic mass is 10.3. The van der Waals surface area contributed by atoms with Crippen LogP contribution in [0, 0.1) is 0 Å². The molecule has 0 aromatic carbocycles. The Kier molecular flexibility index (Phi) is 5.76. The number of ether oxygens (including phenoxy) is 2. The van der Waals surface area contributed by atoms with E-state index in [1.807, 2.05) is 0 Å². The highest BCUT2D eigenvalue weighted by molar-refractivity contribution is 6.33. The van der Waals surface area contributed by atoms with Crippen LogP contribution in [0.4, 0.5) is 5.82 Å². The number of hydrogen-bond donors (Lipinski definition) is 1. The van der Waals surface area contributed by atoms with Crippen molar-refractivity contribution < 1.29 is 9.47 Å². The fourth-order valence-corrected chi connectivity index (χ4v) is 1.37. The highest BCUT2D eigenvalue weighted by Gasteiger charge is 2.09. The highest BCUT2D eigenvalue weighted by Crippen LogP contribution is 2.19. The van der Waals surface area contributed by atoms with Gasteiger partial charge in [0.15, 0.2) is 0 Å². The second-order valence-electron chi connectivity index (χ2n) is 3.03. The maximum atomic E-state index is 5.88. The molecule has 0 aliphatic rings. The summed E-state index contributed by atoms with van der Waals surface area (Å²) in [5, 5.41) is 3.58. The molecule has 1 aromatic rings. The van der Waals surface area contributed by atoms with E-state index in [4.69, 9.17) is 32.7 Å². The standard InChI is InChI=1S/C9H13Cl2N3O2/c1-15-5-6(16-2)3-12-8-7(10)4-13-9(11)14-8/h4,6H,3,5H2,1-2H3,(H,12,13,14). The molecule has 1 aromatic heterocycles. The van der Waals surface area contributed by atoms with Crippen LogP contribution in [-0.4, -0.2) is 43.4 Å². The van der Waals surface area contributed by atoms with E-state index in [0.29, 0.717) is 24.0 Å². The van der Waals surface area contributed by atoms with Crippen molar-refractivity contribution in [3.05, 3.63) is 16.5 Å². The molecule has 16 heavy (non-hydrogen) atoms. The SMILES string of the molecule is COCC(CNc1nc(Cl)ncc1Cl)OC. The Morgan fingerprint density at radius 1 is 1.44 bits per heavy atom. The number of nitrogens with one attached hydrogen (secondary N) is 1. The van der Waals surface area contributed by atoms with E-state index < -0.39 is 0 Å². The molecule has 0 saturated heterocycles. The first-order chi connectivity index (χ1) is 7.67. The molecule has 0 aliphatic carbocycles. The summed E-state index contributed by atoms with van der Waals surface area (Å²) in [5.74, 6) is 0.486. The van der Waals surface area contributed by atoms with Gasteiger partial charge in [0.2, 0.25) is 5.28 Å². The van der Waals surface area contributed by atoms with Gasteiger partial charge in [0.1, 0.15) is 10.8 Å². The predicted octanol–water partition coefficient (Wildman–Crippen LogP) is 1.86. The molecule has 1 rings (SSSR count). The summed E-state index contributed by atoms with van der Waals surface area (Å²) in [4.78, 5) is 7.70. The predicted molar refractivity (Wildman–Crippen MR) is 63.2 cm³/mol. The Balaban J connectivity index is 2.55. The fourth-order valence-electron chi connectivity index (χ4n) is 1.08. The third-order valence-corrected chi connectivity index (χ3v) is 2.36. The monoisotopic (exact) mass is 265 g/mol. The minimum Gasteiger partial charge on any atom is -0.382 e. The average molecular weight is 266 g/mol. The van der Waals surface area contributed by atoms with Crippen LogP contribution in [0.3, 0.4) is 0 Å². The zero-order chi connectivity index (χ0) is 12.0. The van der Waals surface area contributed by atoms with Gasteiger partial charge in [-0.15, -0.1) is 0 Å². The van der Waals surface area contributed by atoms with Gasteiger partial charge in [-0.1, -0.05) is 11.6 Å². The van der Waals surface area contributed by atoms with E-state index in [1.165, 1.54) is 6.20 Å². The zero-order valence-corrected chi connectivity index (χ0v) is 10.5.